The first-order valence-electron chi connectivity index (χ1n) is 12.2. The van der Waals surface area contributed by atoms with Crippen molar-refractivity contribution in [3.63, 3.8) is 0 Å². The smallest absolute Gasteiger partial charge is 0.251 e. The summed E-state index contributed by atoms with van der Waals surface area (Å²) < 4.78 is 63.8. The maximum Gasteiger partial charge on any atom is 0.251 e. The molecule has 0 saturated carbocycles. The SMILES string of the molecule is COc1nc([C@@H](C)F)ccc1-c1ccc2cnc(CNC(=O)c3cc(Cl)c4c(c3)S(=O)(=O)[C@@H](F)CCO4)cc2n1. The summed E-state index contributed by atoms with van der Waals surface area (Å²) in [6, 6.07) is 10.9. The third-order valence-corrected chi connectivity index (χ3v) is 8.43. The molecule has 0 radical (unpaired) electrons. The fourth-order valence-electron chi connectivity index (χ4n) is 4.20. The highest BCUT2D eigenvalue weighted by Crippen LogP contribution is 2.38. The normalized spacial score (nSPS) is 16.9. The highest BCUT2D eigenvalue weighted by Gasteiger charge is 2.35. The summed E-state index contributed by atoms with van der Waals surface area (Å²) in [7, 11) is -2.93. The summed E-state index contributed by atoms with van der Waals surface area (Å²) in [6.07, 6.45) is 0.00196. The molecule has 0 bridgehead atoms. The van der Waals surface area contributed by atoms with E-state index in [4.69, 9.17) is 21.1 Å². The predicted octanol–water partition coefficient (Wildman–Crippen LogP) is 5.17. The molecule has 1 aromatic carbocycles. The number of ether oxygens (including phenoxy) is 2. The number of hydrogen-bond acceptors (Lipinski definition) is 8. The number of nitrogens with zero attached hydrogens (tertiary/aromatic N) is 3. The zero-order valence-corrected chi connectivity index (χ0v) is 22.9. The average molecular weight is 589 g/mol. The second kappa shape index (κ2) is 10.9. The molecule has 13 heteroatoms. The number of nitrogens with one attached hydrogen (secondary N) is 1. The van der Waals surface area contributed by atoms with E-state index in [1.165, 1.54) is 20.1 Å². The van der Waals surface area contributed by atoms with Crippen molar-refractivity contribution in [1.29, 1.82) is 0 Å². The zero-order valence-electron chi connectivity index (χ0n) is 21.3. The minimum Gasteiger partial charge on any atom is -0.490 e. The van der Waals surface area contributed by atoms with Gasteiger partial charge in [0.25, 0.3) is 5.91 Å². The predicted molar refractivity (Wildman–Crippen MR) is 144 cm³/mol. The van der Waals surface area contributed by atoms with Gasteiger partial charge in [-0.3, -0.25) is 9.78 Å². The van der Waals surface area contributed by atoms with Crippen LogP contribution in [0.1, 0.15) is 41.3 Å². The Morgan fingerprint density at radius 2 is 2.02 bits per heavy atom. The van der Waals surface area contributed by atoms with Crippen LogP contribution in [0, 0.1) is 0 Å². The van der Waals surface area contributed by atoms with Gasteiger partial charge in [-0.25, -0.2) is 27.2 Å². The Balaban J connectivity index is 1.39. The number of carbonyl (C=O) groups excluding carboxylic acids is 1. The van der Waals surface area contributed by atoms with E-state index in [9.17, 15) is 22.0 Å². The van der Waals surface area contributed by atoms with E-state index in [0.717, 1.165) is 11.5 Å². The second-order valence-electron chi connectivity index (χ2n) is 9.03. The average Bonchev–Trinajstić information content (AvgIpc) is 3.06. The lowest BCUT2D eigenvalue weighted by atomic mass is 10.1. The van der Waals surface area contributed by atoms with Crippen molar-refractivity contribution in [3.8, 4) is 22.9 Å². The first-order chi connectivity index (χ1) is 19.1. The van der Waals surface area contributed by atoms with Crippen molar-refractivity contribution in [2.75, 3.05) is 13.7 Å². The summed E-state index contributed by atoms with van der Waals surface area (Å²) in [5.74, 6) is -0.570. The molecule has 4 heterocycles. The van der Waals surface area contributed by atoms with Gasteiger partial charge in [0.2, 0.25) is 21.2 Å². The van der Waals surface area contributed by atoms with Crippen molar-refractivity contribution in [2.45, 2.75) is 36.5 Å². The van der Waals surface area contributed by atoms with E-state index >= 15 is 0 Å². The fraction of sp³-hybridized carbons (Fsp3) is 0.259. The molecule has 2 atom stereocenters. The van der Waals surface area contributed by atoms with Gasteiger partial charge >= 0.3 is 0 Å². The van der Waals surface area contributed by atoms with Crippen molar-refractivity contribution >= 4 is 38.2 Å². The van der Waals surface area contributed by atoms with Crippen molar-refractivity contribution in [1.82, 2.24) is 20.3 Å². The number of rotatable bonds is 6. The third kappa shape index (κ3) is 5.28. The number of alkyl halides is 2. The lowest BCUT2D eigenvalue weighted by Crippen LogP contribution is -2.24. The molecular weight excluding hydrogens is 566 g/mol. The van der Waals surface area contributed by atoms with Crippen LogP contribution in [0.25, 0.3) is 22.2 Å². The Labute approximate surface area is 233 Å². The Kier molecular flexibility index (Phi) is 7.56. The molecule has 0 saturated heterocycles. The summed E-state index contributed by atoms with van der Waals surface area (Å²) in [5.41, 5.74) is 0.180. The monoisotopic (exact) mass is 588 g/mol. The summed E-state index contributed by atoms with van der Waals surface area (Å²) in [5, 5.41) is 3.29. The molecule has 3 aromatic heterocycles. The Morgan fingerprint density at radius 3 is 2.77 bits per heavy atom. The van der Waals surface area contributed by atoms with Crippen molar-refractivity contribution in [2.24, 2.45) is 0 Å². The molecule has 208 valence electrons. The Morgan fingerprint density at radius 1 is 1.23 bits per heavy atom. The summed E-state index contributed by atoms with van der Waals surface area (Å²) >= 11 is 6.19. The molecule has 0 unspecified atom stereocenters. The van der Waals surface area contributed by atoms with Gasteiger partial charge in [0.05, 0.1) is 53.4 Å². The van der Waals surface area contributed by atoms with Crippen LogP contribution >= 0.6 is 11.6 Å². The van der Waals surface area contributed by atoms with Gasteiger partial charge in [0.1, 0.15) is 11.1 Å². The second-order valence-corrected chi connectivity index (χ2v) is 11.5. The van der Waals surface area contributed by atoms with Crippen molar-refractivity contribution < 1.29 is 31.5 Å². The summed E-state index contributed by atoms with van der Waals surface area (Å²) in [6.45, 7) is 1.21. The topological polar surface area (TPSA) is 120 Å². The molecule has 1 amide bonds. The molecular formula is C27H23ClF2N4O5S. The number of fused-ring (bicyclic) bond motifs is 2. The first-order valence-corrected chi connectivity index (χ1v) is 14.1. The minimum atomic E-state index is -4.37. The van der Waals surface area contributed by atoms with Gasteiger partial charge in [-0.2, -0.15) is 0 Å². The van der Waals surface area contributed by atoms with E-state index in [-0.39, 0.29) is 47.5 Å². The molecule has 40 heavy (non-hydrogen) atoms. The molecule has 0 aliphatic carbocycles. The molecule has 0 fully saturated rings. The first kappa shape index (κ1) is 27.7. The van der Waals surface area contributed by atoms with Crippen LogP contribution in [0.4, 0.5) is 8.78 Å². The third-order valence-electron chi connectivity index (χ3n) is 6.33. The van der Waals surface area contributed by atoms with Crippen LogP contribution in [0.2, 0.25) is 5.02 Å². The van der Waals surface area contributed by atoms with Crippen LogP contribution < -0.4 is 14.8 Å². The molecule has 4 aromatic rings. The van der Waals surface area contributed by atoms with Crippen LogP contribution in [-0.2, 0) is 16.4 Å². The van der Waals surface area contributed by atoms with Gasteiger partial charge in [-0.1, -0.05) is 11.6 Å². The number of methoxy groups -OCH3 is 1. The lowest BCUT2D eigenvalue weighted by molar-refractivity contribution is 0.0950. The van der Waals surface area contributed by atoms with E-state index in [1.807, 2.05) is 6.07 Å². The molecule has 1 N–H and O–H groups in total. The Hall–Kier alpha value is -3.90. The number of sulfone groups is 1. The van der Waals surface area contributed by atoms with Crippen LogP contribution in [0.15, 0.2) is 53.6 Å². The Bertz CT molecular complexity index is 1740. The van der Waals surface area contributed by atoms with E-state index in [0.29, 0.717) is 22.5 Å². The minimum absolute atomic E-state index is 0.0155. The van der Waals surface area contributed by atoms with Gasteiger partial charge in [-0.05, 0) is 49.4 Å². The fourth-order valence-corrected chi connectivity index (χ4v) is 5.93. The van der Waals surface area contributed by atoms with Gasteiger partial charge in [0, 0.05) is 23.6 Å². The highest BCUT2D eigenvalue weighted by molar-refractivity contribution is 7.92. The largest absolute Gasteiger partial charge is 0.490 e. The number of benzene rings is 1. The quantitative estimate of drug-likeness (QED) is 0.328. The van der Waals surface area contributed by atoms with Crippen LogP contribution in [-0.4, -0.2) is 48.5 Å². The van der Waals surface area contributed by atoms with Gasteiger partial charge < -0.3 is 14.8 Å². The van der Waals surface area contributed by atoms with E-state index < -0.39 is 32.3 Å². The summed E-state index contributed by atoms with van der Waals surface area (Å²) in [4.78, 5) is 25.7. The molecule has 5 rings (SSSR count). The number of carbonyl (C=O) groups is 1. The van der Waals surface area contributed by atoms with Crippen LogP contribution in [0.5, 0.6) is 11.6 Å². The molecule has 0 spiro atoms. The zero-order chi connectivity index (χ0) is 28.6. The van der Waals surface area contributed by atoms with Crippen molar-refractivity contribution in [3.05, 3.63) is 70.6 Å². The number of aromatic nitrogens is 3. The number of amides is 1. The maximum atomic E-state index is 14.2. The van der Waals surface area contributed by atoms with E-state index in [2.05, 4.69) is 20.3 Å². The number of hydrogen-bond donors (Lipinski definition) is 1. The lowest BCUT2D eigenvalue weighted by Gasteiger charge is -2.12. The highest BCUT2D eigenvalue weighted by atomic mass is 35.5. The maximum absolute atomic E-state index is 14.2. The van der Waals surface area contributed by atoms with Crippen LogP contribution in [0.3, 0.4) is 0 Å². The number of halogens is 3. The number of pyridine rings is 3. The van der Waals surface area contributed by atoms with E-state index in [1.54, 1.807) is 30.5 Å². The molecule has 1 aliphatic rings. The van der Waals surface area contributed by atoms with Gasteiger partial charge in [-0.15, -0.1) is 0 Å². The standard InChI is InChI=1S/C27H23ClF2N4O5S/c1-14(29)20-6-4-18(27(34-20)38-2)21-5-3-15-12-31-17(11-22(15)33-21)13-32-26(35)16-9-19(28)25-23(10-16)40(36,37)24(30)7-8-39-25/h3-6,9-12,14,24H,7-8,13H2,1-2H3,(H,32,35)/t14-,24-/m1/s1. The van der Waals surface area contributed by atoms with Gasteiger partial charge in [0.15, 0.2) is 5.75 Å². The molecule has 9 nitrogen and oxygen atoms in total. The molecule has 1 aliphatic heterocycles.